The fraction of sp³-hybridized carbons (Fsp3) is 0.364. The largest absolute Gasteiger partial charge is 0.453 e. The highest BCUT2D eigenvalue weighted by Gasteiger charge is 2.30. The van der Waals surface area contributed by atoms with Gasteiger partial charge in [0.1, 0.15) is 0 Å². The van der Waals surface area contributed by atoms with E-state index in [0.717, 1.165) is 18.4 Å². The molecule has 1 unspecified atom stereocenters. The van der Waals surface area contributed by atoms with E-state index in [9.17, 15) is 9.90 Å². The highest BCUT2D eigenvalue weighted by Crippen LogP contribution is 2.31. The molecule has 1 radical (unpaired) electrons. The number of carbonyl (C=O) groups is 1. The third kappa shape index (κ3) is 1.58. The Morgan fingerprint density at radius 1 is 1.29 bits per heavy atom. The lowest BCUT2D eigenvalue weighted by molar-refractivity contribution is 0.115. The van der Waals surface area contributed by atoms with E-state index in [1.807, 2.05) is 30.3 Å². The third-order valence-electron chi connectivity index (χ3n) is 2.67. The first kappa shape index (κ1) is 9.06. The van der Waals surface area contributed by atoms with Crippen molar-refractivity contribution in [1.82, 2.24) is 4.90 Å². The fourth-order valence-corrected chi connectivity index (χ4v) is 2.01. The molecule has 1 aromatic carbocycles. The van der Waals surface area contributed by atoms with Gasteiger partial charge in [-0.2, -0.15) is 0 Å². The van der Waals surface area contributed by atoms with Crippen LogP contribution in [0.25, 0.3) is 0 Å². The van der Waals surface area contributed by atoms with Gasteiger partial charge in [0.2, 0.25) is 0 Å². The summed E-state index contributed by atoms with van der Waals surface area (Å²) in [7, 11) is 0. The Balaban J connectivity index is 2.22. The Bertz CT molecular complexity index is 323. The maximum absolute atomic E-state index is 10.8. The second kappa shape index (κ2) is 3.70. The van der Waals surface area contributed by atoms with Crippen molar-refractivity contribution in [3.05, 3.63) is 35.9 Å². The van der Waals surface area contributed by atoms with Crippen molar-refractivity contribution in [3.8, 4) is 0 Å². The maximum atomic E-state index is 10.8. The third-order valence-corrected chi connectivity index (χ3v) is 2.67. The normalized spacial score (nSPS) is 21.1. The highest BCUT2D eigenvalue weighted by atomic mass is 16.4. The summed E-state index contributed by atoms with van der Waals surface area (Å²) in [6.45, 7) is 0.599. The Morgan fingerprint density at radius 2 is 2.00 bits per heavy atom. The van der Waals surface area contributed by atoms with E-state index >= 15 is 0 Å². The van der Waals surface area contributed by atoms with Gasteiger partial charge < -0.3 is 0 Å². The lowest BCUT2D eigenvalue weighted by atomic mass is 10.1. The molecule has 14 heavy (non-hydrogen) atoms. The van der Waals surface area contributed by atoms with E-state index in [0.29, 0.717) is 6.54 Å². The van der Waals surface area contributed by atoms with Gasteiger partial charge in [0, 0.05) is 6.54 Å². The Hall–Kier alpha value is -1.51. The molecule has 1 saturated heterocycles. The SMILES string of the molecule is [O]C(=O)N1CCCC1c1ccccc1. The fourth-order valence-electron chi connectivity index (χ4n) is 2.01. The smallest absolute Gasteiger partial charge is 0.298 e. The predicted molar refractivity (Wildman–Crippen MR) is 51.2 cm³/mol. The molecule has 1 aliphatic heterocycles. The molecule has 1 fully saturated rings. The van der Waals surface area contributed by atoms with Crippen LogP contribution in [0, 0.1) is 0 Å². The number of hydrogen-bond donors (Lipinski definition) is 0. The molecule has 1 heterocycles. The number of benzene rings is 1. The van der Waals surface area contributed by atoms with Crippen molar-refractivity contribution in [2.24, 2.45) is 0 Å². The number of nitrogens with zero attached hydrogens (tertiary/aromatic N) is 1. The molecule has 0 bridgehead atoms. The lowest BCUT2D eigenvalue weighted by Gasteiger charge is -2.20. The van der Waals surface area contributed by atoms with Gasteiger partial charge in [0.15, 0.2) is 0 Å². The zero-order chi connectivity index (χ0) is 9.97. The van der Waals surface area contributed by atoms with Crippen molar-refractivity contribution in [1.29, 1.82) is 0 Å². The van der Waals surface area contributed by atoms with Gasteiger partial charge in [0.05, 0.1) is 6.04 Å². The molecule has 0 spiro atoms. The molecule has 1 aromatic rings. The molecule has 73 valence electrons. The summed E-state index contributed by atoms with van der Waals surface area (Å²) in [5.41, 5.74) is 1.06. The number of carbonyl (C=O) groups excluding carboxylic acids is 1. The molecule has 0 aromatic heterocycles. The van der Waals surface area contributed by atoms with E-state index in [1.54, 1.807) is 0 Å². The summed E-state index contributed by atoms with van der Waals surface area (Å²) in [6.07, 6.45) is 0.766. The van der Waals surface area contributed by atoms with Crippen LogP contribution < -0.4 is 0 Å². The van der Waals surface area contributed by atoms with Crippen LogP contribution in [0.4, 0.5) is 4.79 Å². The first-order valence-corrected chi connectivity index (χ1v) is 4.81. The number of amides is 1. The van der Waals surface area contributed by atoms with E-state index in [2.05, 4.69) is 0 Å². The van der Waals surface area contributed by atoms with Crippen LogP contribution in [0.5, 0.6) is 0 Å². The maximum Gasteiger partial charge on any atom is 0.453 e. The van der Waals surface area contributed by atoms with Gasteiger partial charge in [-0.15, -0.1) is 0 Å². The van der Waals surface area contributed by atoms with Crippen LogP contribution in [0.2, 0.25) is 0 Å². The van der Waals surface area contributed by atoms with Crippen LogP contribution in [-0.2, 0) is 5.11 Å². The van der Waals surface area contributed by atoms with Crippen LogP contribution in [0.3, 0.4) is 0 Å². The topological polar surface area (TPSA) is 40.2 Å². The minimum Gasteiger partial charge on any atom is -0.298 e. The average Bonchev–Trinajstić information content (AvgIpc) is 2.67. The molecule has 1 aliphatic rings. The standard InChI is InChI=1S/C11H12NO2/c13-11(14)12-8-4-7-10(12)9-5-2-1-3-6-9/h1-3,5-6,10H,4,7-8H2. The first-order valence-electron chi connectivity index (χ1n) is 4.81. The summed E-state index contributed by atoms with van der Waals surface area (Å²) in [5, 5.41) is 10.8. The van der Waals surface area contributed by atoms with Gasteiger partial charge in [0.25, 0.3) is 0 Å². The molecule has 1 atom stereocenters. The summed E-state index contributed by atoms with van der Waals surface area (Å²) in [4.78, 5) is 12.2. The molecular formula is C11H12NO2. The van der Waals surface area contributed by atoms with Crippen LogP contribution in [-0.4, -0.2) is 17.5 Å². The highest BCUT2D eigenvalue weighted by molar-refractivity contribution is 5.65. The van der Waals surface area contributed by atoms with E-state index < -0.39 is 6.09 Å². The second-order valence-corrected chi connectivity index (χ2v) is 3.53. The molecule has 0 saturated carbocycles. The summed E-state index contributed by atoms with van der Waals surface area (Å²) in [6, 6.07) is 9.73. The van der Waals surface area contributed by atoms with Crippen LogP contribution >= 0.6 is 0 Å². The van der Waals surface area contributed by atoms with Gasteiger partial charge >= 0.3 is 6.09 Å². The predicted octanol–water partition coefficient (Wildman–Crippen LogP) is 2.37. The van der Waals surface area contributed by atoms with E-state index in [1.165, 1.54) is 4.90 Å². The van der Waals surface area contributed by atoms with Crippen molar-refractivity contribution >= 4 is 6.09 Å². The Morgan fingerprint density at radius 3 is 2.64 bits per heavy atom. The Labute approximate surface area is 83.0 Å². The monoisotopic (exact) mass is 190 g/mol. The molecule has 3 nitrogen and oxygen atoms in total. The molecular weight excluding hydrogens is 178 g/mol. The van der Waals surface area contributed by atoms with Gasteiger partial charge in [-0.3, -0.25) is 4.90 Å². The zero-order valence-electron chi connectivity index (χ0n) is 7.85. The molecule has 0 aliphatic carbocycles. The molecule has 2 rings (SSSR count). The van der Waals surface area contributed by atoms with Crippen molar-refractivity contribution in [3.63, 3.8) is 0 Å². The molecule has 1 amide bonds. The van der Waals surface area contributed by atoms with E-state index in [-0.39, 0.29) is 6.04 Å². The Kier molecular flexibility index (Phi) is 2.39. The lowest BCUT2D eigenvalue weighted by Crippen LogP contribution is -2.27. The average molecular weight is 190 g/mol. The second-order valence-electron chi connectivity index (χ2n) is 3.53. The minimum absolute atomic E-state index is 0.00111. The van der Waals surface area contributed by atoms with Crippen LogP contribution in [0.1, 0.15) is 24.4 Å². The first-order chi connectivity index (χ1) is 6.79. The van der Waals surface area contributed by atoms with Gasteiger partial charge in [-0.25, -0.2) is 9.90 Å². The van der Waals surface area contributed by atoms with Crippen molar-refractivity contribution in [2.45, 2.75) is 18.9 Å². The van der Waals surface area contributed by atoms with Crippen molar-refractivity contribution in [2.75, 3.05) is 6.54 Å². The number of rotatable bonds is 1. The summed E-state index contributed by atoms with van der Waals surface area (Å²) >= 11 is 0. The summed E-state index contributed by atoms with van der Waals surface area (Å²) in [5.74, 6) is 0. The van der Waals surface area contributed by atoms with Crippen LogP contribution in [0.15, 0.2) is 30.3 Å². The van der Waals surface area contributed by atoms with Gasteiger partial charge in [-0.1, -0.05) is 30.3 Å². The summed E-state index contributed by atoms with van der Waals surface area (Å²) < 4.78 is 0. The minimum atomic E-state index is -1.06. The van der Waals surface area contributed by atoms with Crippen molar-refractivity contribution < 1.29 is 9.90 Å². The molecule has 0 N–H and O–H groups in total. The quantitative estimate of drug-likeness (QED) is 0.670. The van der Waals surface area contributed by atoms with Gasteiger partial charge in [-0.05, 0) is 18.4 Å². The number of hydrogen-bond acceptors (Lipinski definition) is 1. The number of likely N-dealkylation sites (tertiary alicyclic amines) is 1. The van der Waals surface area contributed by atoms with E-state index in [4.69, 9.17) is 0 Å². The zero-order valence-corrected chi connectivity index (χ0v) is 7.85. The molecule has 3 heteroatoms.